The monoisotopic (exact) mass is 303 g/mol. The van der Waals surface area contributed by atoms with Crippen molar-refractivity contribution in [2.45, 2.75) is 19.8 Å². The number of phenols is 1. The lowest BCUT2D eigenvalue weighted by atomic mass is 10.1. The molecule has 0 spiro atoms. The molecule has 1 amide bonds. The summed E-state index contributed by atoms with van der Waals surface area (Å²) < 4.78 is 0. The number of carbonyl (C=O) groups is 1. The minimum Gasteiger partial charge on any atom is -0.507 e. The molecule has 0 heterocycles. The molecule has 0 atom stereocenters. The molecule has 110 valence electrons. The smallest absolute Gasteiger partial charge is 0.259 e. The van der Waals surface area contributed by atoms with Crippen molar-refractivity contribution in [2.24, 2.45) is 0 Å². The van der Waals surface area contributed by atoms with Crippen LogP contribution < -0.4 is 5.32 Å². The minimum atomic E-state index is -0.314. The van der Waals surface area contributed by atoms with Crippen LogP contribution in [0.5, 0.6) is 5.75 Å². The average molecular weight is 304 g/mol. The molecular formula is C17H18ClNO2. The van der Waals surface area contributed by atoms with E-state index in [1.807, 2.05) is 24.3 Å². The number of aryl methyl sites for hydroxylation is 2. The van der Waals surface area contributed by atoms with E-state index in [1.54, 1.807) is 25.1 Å². The Bertz CT molecular complexity index is 640. The molecule has 2 rings (SSSR count). The molecule has 0 aliphatic heterocycles. The molecule has 2 N–H and O–H groups in total. The van der Waals surface area contributed by atoms with Crippen LogP contribution in [0.4, 0.5) is 5.69 Å². The van der Waals surface area contributed by atoms with Crippen LogP contribution in [0.3, 0.4) is 0 Å². The van der Waals surface area contributed by atoms with Crippen LogP contribution in [0.2, 0.25) is 0 Å². The van der Waals surface area contributed by atoms with E-state index in [0.29, 0.717) is 17.1 Å². The normalized spacial score (nSPS) is 10.4. The van der Waals surface area contributed by atoms with Gasteiger partial charge in [0.1, 0.15) is 5.75 Å². The van der Waals surface area contributed by atoms with Gasteiger partial charge in [-0.25, -0.2) is 0 Å². The van der Waals surface area contributed by atoms with Crippen LogP contribution >= 0.6 is 11.6 Å². The molecule has 0 fully saturated rings. The molecule has 2 aromatic carbocycles. The van der Waals surface area contributed by atoms with Crippen molar-refractivity contribution in [1.82, 2.24) is 0 Å². The zero-order chi connectivity index (χ0) is 15.2. The van der Waals surface area contributed by atoms with Crippen LogP contribution in [0, 0.1) is 6.92 Å². The molecule has 0 radical (unpaired) electrons. The number of hydrogen-bond donors (Lipinski definition) is 2. The van der Waals surface area contributed by atoms with E-state index in [9.17, 15) is 9.90 Å². The molecule has 21 heavy (non-hydrogen) atoms. The van der Waals surface area contributed by atoms with E-state index in [2.05, 4.69) is 5.32 Å². The lowest BCUT2D eigenvalue weighted by Gasteiger charge is -2.09. The van der Waals surface area contributed by atoms with Gasteiger partial charge in [-0.05, 0) is 49.1 Å². The Morgan fingerprint density at radius 2 is 2.00 bits per heavy atom. The second kappa shape index (κ2) is 7.14. The first kappa shape index (κ1) is 15.4. The van der Waals surface area contributed by atoms with Gasteiger partial charge >= 0.3 is 0 Å². The summed E-state index contributed by atoms with van der Waals surface area (Å²) in [5, 5.41) is 12.8. The van der Waals surface area contributed by atoms with Gasteiger partial charge in [-0.15, -0.1) is 11.6 Å². The van der Waals surface area contributed by atoms with Crippen LogP contribution in [-0.4, -0.2) is 16.9 Å². The van der Waals surface area contributed by atoms with Gasteiger partial charge in [0.25, 0.3) is 5.91 Å². The van der Waals surface area contributed by atoms with E-state index in [-0.39, 0.29) is 17.2 Å². The Kier molecular flexibility index (Phi) is 5.23. The van der Waals surface area contributed by atoms with Crippen molar-refractivity contribution in [1.29, 1.82) is 0 Å². The Hall–Kier alpha value is -2.00. The topological polar surface area (TPSA) is 49.3 Å². The number of carbonyl (C=O) groups excluding carboxylic acids is 1. The standard InChI is InChI=1S/C17H18ClNO2/c1-12-5-2-9-15(16(12)20)17(21)19-14-8-3-6-13(11-14)7-4-10-18/h2-3,5-6,8-9,11,20H,4,7,10H2,1H3,(H,19,21). The summed E-state index contributed by atoms with van der Waals surface area (Å²) in [6.07, 6.45) is 1.78. The first-order valence-corrected chi connectivity index (χ1v) is 7.40. The highest BCUT2D eigenvalue weighted by atomic mass is 35.5. The van der Waals surface area contributed by atoms with E-state index in [0.717, 1.165) is 18.4 Å². The quantitative estimate of drug-likeness (QED) is 0.816. The summed E-state index contributed by atoms with van der Waals surface area (Å²) in [5.41, 5.74) is 2.80. The number of benzene rings is 2. The number of amides is 1. The fraction of sp³-hybridized carbons (Fsp3) is 0.235. The Morgan fingerprint density at radius 3 is 2.76 bits per heavy atom. The van der Waals surface area contributed by atoms with Gasteiger partial charge in [-0.2, -0.15) is 0 Å². The third kappa shape index (κ3) is 3.99. The number of phenolic OH excluding ortho intramolecular Hbond substituents is 1. The van der Waals surface area contributed by atoms with E-state index in [1.165, 1.54) is 0 Å². The number of para-hydroxylation sites is 1. The summed E-state index contributed by atoms with van der Waals surface area (Å²) in [7, 11) is 0. The van der Waals surface area contributed by atoms with Crippen molar-refractivity contribution in [3.8, 4) is 5.75 Å². The van der Waals surface area contributed by atoms with Gasteiger partial charge in [-0.3, -0.25) is 4.79 Å². The number of anilines is 1. The van der Waals surface area contributed by atoms with Gasteiger partial charge < -0.3 is 10.4 Å². The summed E-state index contributed by atoms with van der Waals surface area (Å²) in [6, 6.07) is 12.8. The molecule has 0 bridgehead atoms. The van der Waals surface area contributed by atoms with E-state index < -0.39 is 0 Å². The average Bonchev–Trinajstić information content (AvgIpc) is 2.48. The van der Waals surface area contributed by atoms with Gasteiger partial charge in [0.2, 0.25) is 0 Å². The highest BCUT2D eigenvalue weighted by Crippen LogP contribution is 2.23. The van der Waals surface area contributed by atoms with Crippen LogP contribution in [0.15, 0.2) is 42.5 Å². The zero-order valence-corrected chi connectivity index (χ0v) is 12.7. The third-order valence-electron chi connectivity index (χ3n) is 3.27. The number of halogens is 1. The molecule has 0 unspecified atom stereocenters. The molecule has 0 saturated heterocycles. The molecule has 0 aromatic heterocycles. The summed E-state index contributed by atoms with van der Waals surface area (Å²) in [4.78, 5) is 12.2. The Morgan fingerprint density at radius 1 is 1.24 bits per heavy atom. The zero-order valence-electron chi connectivity index (χ0n) is 11.9. The fourth-order valence-electron chi connectivity index (χ4n) is 2.12. The van der Waals surface area contributed by atoms with Crippen LogP contribution in [-0.2, 0) is 6.42 Å². The number of alkyl halides is 1. The number of rotatable bonds is 5. The summed E-state index contributed by atoms with van der Waals surface area (Å²) in [6.45, 7) is 1.76. The maximum absolute atomic E-state index is 12.2. The molecule has 0 aliphatic rings. The predicted molar refractivity (Wildman–Crippen MR) is 86.3 cm³/mol. The van der Waals surface area contributed by atoms with Gasteiger partial charge in [0, 0.05) is 11.6 Å². The second-order valence-electron chi connectivity index (χ2n) is 4.92. The van der Waals surface area contributed by atoms with Gasteiger partial charge in [0.15, 0.2) is 0 Å². The van der Waals surface area contributed by atoms with E-state index in [4.69, 9.17) is 11.6 Å². The molecule has 4 heteroatoms. The van der Waals surface area contributed by atoms with Crippen LogP contribution in [0.1, 0.15) is 27.9 Å². The maximum Gasteiger partial charge on any atom is 0.259 e. The molecule has 0 saturated carbocycles. The fourth-order valence-corrected chi connectivity index (χ4v) is 2.25. The number of nitrogens with one attached hydrogen (secondary N) is 1. The summed E-state index contributed by atoms with van der Waals surface area (Å²) in [5.74, 6) is 0.326. The second-order valence-corrected chi connectivity index (χ2v) is 5.30. The third-order valence-corrected chi connectivity index (χ3v) is 3.53. The molecular weight excluding hydrogens is 286 g/mol. The van der Waals surface area contributed by atoms with Crippen molar-refractivity contribution >= 4 is 23.2 Å². The highest BCUT2D eigenvalue weighted by Gasteiger charge is 2.12. The van der Waals surface area contributed by atoms with Crippen molar-refractivity contribution in [3.05, 3.63) is 59.2 Å². The van der Waals surface area contributed by atoms with Gasteiger partial charge in [-0.1, -0.05) is 24.3 Å². The van der Waals surface area contributed by atoms with Crippen LogP contribution in [0.25, 0.3) is 0 Å². The molecule has 3 nitrogen and oxygen atoms in total. The van der Waals surface area contributed by atoms with Crippen molar-refractivity contribution < 1.29 is 9.90 Å². The molecule has 0 aliphatic carbocycles. The minimum absolute atomic E-state index is 0.0216. The van der Waals surface area contributed by atoms with Crippen molar-refractivity contribution in [3.63, 3.8) is 0 Å². The Balaban J connectivity index is 2.14. The Labute approximate surface area is 129 Å². The summed E-state index contributed by atoms with van der Waals surface area (Å²) >= 11 is 5.69. The van der Waals surface area contributed by atoms with Gasteiger partial charge in [0.05, 0.1) is 5.56 Å². The first-order chi connectivity index (χ1) is 10.1. The predicted octanol–water partition coefficient (Wildman–Crippen LogP) is 4.12. The highest BCUT2D eigenvalue weighted by molar-refractivity contribution is 6.17. The number of aromatic hydroxyl groups is 1. The lowest BCUT2D eigenvalue weighted by Crippen LogP contribution is -2.12. The maximum atomic E-state index is 12.2. The largest absolute Gasteiger partial charge is 0.507 e. The van der Waals surface area contributed by atoms with Crippen molar-refractivity contribution in [2.75, 3.05) is 11.2 Å². The lowest BCUT2D eigenvalue weighted by molar-refractivity contribution is 0.102. The first-order valence-electron chi connectivity index (χ1n) is 6.86. The molecule has 2 aromatic rings. The van der Waals surface area contributed by atoms with E-state index >= 15 is 0 Å². The number of hydrogen-bond acceptors (Lipinski definition) is 2. The SMILES string of the molecule is Cc1cccc(C(=O)Nc2cccc(CCCCl)c2)c1O.